The molecule has 2 aromatic rings. The van der Waals surface area contributed by atoms with Gasteiger partial charge in [-0.15, -0.1) is 0 Å². The Morgan fingerprint density at radius 1 is 1.03 bits per heavy atom. The third kappa shape index (κ3) is 7.90. The summed E-state index contributed by atoms with van der Waals surface area (Å²) in [6.07, 6.45) is 2.72. The average molecular weight is 536 g/mol. The van der Waals surface area contributed by atoms with Gasteiger partial charge in [0.15, 0.2) is 11.8 Å². The van der Waals surface area contributed by atoms with Crippen LogP contribution in [-0.2, 0) is 30.3 Å². The molecule has 0 spiro atoms. The third-order valence-electron chi connectivity index (χ3n) is 6.68. The molecule has 2 N–H and O–H groups in total. The van der Waals surface area contributed by atoms with E-state index in [0.717, 1.165) is 35.3 Å². The van der Waals surface area contributed by atoms with Gasteiger partial charge >= 0.3 is 0 Å². The number of nitrogens with zero attached hydrogens (tertiary/aromatic N) is 1. The van der Waals surface area contributed by atoms with Crippen LogP contribution in [-0.4, -0.2) is 68.4 Å². The number of rotatable bonds is 10. The van der Waals surface area contributed by atoms with Gasteiger partial charge in [0, 0.05) is 50.4 Å². The molecular formula is C30H37N3O6. The lowest BCUT2D eigenvalue weighted by molar-refractivity contribution is -0.204. The zero-order chi connectivity index (χ0) is 28.3. The molecule has 1 heterocycles. The Bertz CT molecular complexity index is 1180. The van der Waals surface area contributed by atoms with Gasteiger partial charge in [0.2, 0.25) is 0 Å². The zero-order valence-electron chi connectivity index (χ0n) is 23.0. The molecule has 9 heteroatoms. The summed E-state index contributed by atoms with van der Waals surface area (Å²) >= 11 is 0. The summed E-state index contributed by atoms with van der Waals surface area (Å²) < 4.78 is 10.8. The molecule has 2 atom stereocenters. The summed E-state index contributed by atoms with van der Waals surface area (Å²) in [7, 11) is 2.80. The molecule has 0 radical (unpaired) electrons. The van der Waals surface area contributed by atoms with Crippen molar-refractivity contribution in [2.45, 2.75) is 51.4 Å². The maximum Gasteiger partial charge on any atom is 0.279 e. The van der Waals surface area contributed by atoms with Crippen LogP contribution in [0.3, 0.4) is 0 Å². The van der Waals surface area contributed by atoms with Crippen molar-refractivity contribution in [1.82, 2.24) is 15.7 Å². The number of hydrogen-bond acceptors (Lipinski definition) is 6. The van der Waals surface area contributed by atoms with E-state index in [9.17, 15) is 14.4 Å². The van der Waals surface area contributed by atoms with Crippen molar-refractivity contribution in [3.05, 3.63) is 70.8 Å². The Kier molecular flexibility index (Phi) is 11.1. The van der Waals surface area contributed by atoms with Gasteiger partial charge in [-0.2, -0.15) is 0 Å². The molecule has 0 aromatic heterocycles. The summed E-state index contributed by atoms with van der Waals surface area (Å²) in [6, 6.07) is 14.7. The molecule has 0 saturated carbocycles. The molecule has 1 saturated heterocycles. The summed E-state index contributed by atoms with van der Waals surface area (Å²) in [6.45, 7) is 5.28. The monoisotopic (exact) mass is 535 g/mol. The molecule has 1 fully saturated rings. The first-order valence-electron chi connectivity index (χ1n) is 13.2. The van der Waals surface area contributed by atoms with E-state index in [1.807, 2.05) is 31.2 Å². The third-order valence-corrected chi connectivity index (χ3v) is 6.68. The summed E-state index contributed by atoms with van der Waals surface area (Å²) in [4.78, 5) is 45.6. The second-order valence-electron chi connectivity index (χ2n) is 9.33. The van der Waals surface area contributed by atoms with Gasteiger partial charge in [-0.25, -0.2) is 10.3 Å². The highest BCUT2D eigenvalue weighted by Crippen LogP contribution is 2.20. The van der Waals surface area contributed by atoms with E-state index in [1.54, 1.807) is 24.3 Å². The first-order valence-corrected chi connectivity index (χ1v) is 13.2. The predicted octanol–water partition coefficient (Wildman–Crippen LogP) is 2.82. The molecular weight excluding hydrogens is 498 g/mol. The van der Waals surface area contributed by atoms with E-state index < -0.39 is 29.6 Å². The van der Waals surface area contributed by atoms with E-state index in [4.69, 9.17) is 14.3 Å². The second kappa shape index (κ2) is 14.4. The normalized spacial score (nSPS) is 16.3. The van der Waals surface area contributed by atoms with Crippen molar-refractivity contribution in [3.8, 4) is 11.8 Å². The molecule has 3 rings (SSSR count). The van der Waals surface area contributed by atoms with Crippen LogP contribution in [0.5, 0.6) is 0 Å². The molecule has 1 aliphatic rings. The summed E-state index contributed by atoms with van der Waals surface area (Å²) in [5.74, 6) is 4.28. The van der Waals surface area contributed by atoms with Crippen molar-refractivity contribution < 1.29 is 28.7 Å². The number of carbonyl (C=O) groups excluding carboxylic acids is 3. The molecule has 2 aromatic carbocycles. The van der Waals surface area contributed by atoms with E-state index in [1.165, 1.54) is 26.6 Å². The SMILES string of the molecule is CCOCCc1ccc(C#Cc2ccc(C(=O)N(C)[C@@](C)(C(=O)NC)C(=O)NOC3CCCCO3)cc2)cc1. The van der Waals surface area contributed by atoms with E-state index in [-0.39, 0.29) is 0 Å². The maximum atomic E-state index is 13.3. The minimum Gasteiger partial charge on any atom is -0.381 e. The molecule has 39 heavy (non-hydrogen) atoms. The number of benzene rings is 2. The van der Waals surface area contributed by atoms with Crippen molar-refractivity contribution >= 4 is 17.7 Å². The maximum absolute atomic E-state index is 13.3. The van der Waals surface area contributed by atoms with Crippen LogP contribution in [0.25, 0.3) is 0 Å². The Morgan fingerprint density at radius 2 is 1.67 bits per heavy atom. The van der Waals surface area contributed by atoms with Gasteiger partial charge in [0.1, 0.15) is 0 Å². The van der Waals surface area contributed by atoms with Crippen molar-refractivity contribution in [3.63, 3.8) is 0 Å². The van der Waals surface area contributed by atoms with Gasteiger partial charge < -0.3 is 19.7 Å². The zero-order valence-corrected chi connectivity index (χ0v) is 23.0. The number of ether oxygens (including phenoxy) is 2. The van der Waals surface area contributed by atoms with Gasteiger partial charge in [-0.05, 0) is 75.1 Å². The quantitative estimate of drug-likeness (QED) is 0.210. The number of likely N-dealkylation sites (N-methyl/N-ethyl adjacent to an activating group) is 2. The Hall–Kier alpha value is -3.71. The number of hydroxylamine groups is 1. The molecule has 0 bridgehead atoms. The first kappa shape index (κ1) is 29.8. The van der Waals surface area contributed by atoms with E-state index >= 15 is 0 Å². The van der Waals surface area contributed by atoms with Crippen LogP contribution in [0.4, 0.5) is 0 Å². The molecule has 0 aliphatic carbocycles. The molecule has 208 valence electrons. The van der Waals surface area contributed by atoms with Crippen LogP contribution in [0, 0.1) is 11.8 Å². The Labute approximate surface area is 230 Å². The van der Waals surface area contributed by atoms with Crippen molar-refractivity contribution in [2.75, 3.05) is 33.9 Å². The minimum atomic E-state index is -1.87. The average Bonchev–Trinajstić information content (AvgIpc) is 2.98. The Balaban J connectivity index is 1.67. The number of amides is 3. The fourth-order valence-corrected chi connectivity index (χ4v) is 4.00. The summed E-state index contributed by atoms with van der Waals surface area (Å²) in [5, 5.41) is 2.46. The largest absolute Gasteiger partial charge is 0.381 e. The highest BCUT2D eigenvalue weighted by molar-refractivity contribution is 6.12. The lowest BCUT2D eigenvalue weighted by Gasteiger charge is -2.36. The van der Waals surface area contributed by atoms with E-state index in [0.29, 0.717) is 31.8 Å². The van der Waals surface area contributed by atoms with Gasteiger partial charge in [0.25, 0.3) is 17.7 Å². The molecule has 3 amide bonds. The van der Waals surface area contributed by atoms with E-state index in [2.05, 4.69) is 22.6 Å². The minimum absolute atomic E-state index is 0.307. The first-order chi connectivity index (χ1) is 18.8. The second-order valence-corrected chi connectivity index (χ2v) is 9.33. The van der Waals surface area contributed by atoms with Crippen LogP contribution in [0.1, 0.15) is 60.2 Å². The summed E-state index contributed by atoms with van der Waals surface area (Å²) in [5.41, 5.74) is 3.54. The van der Waals surface area contributed by atoms with Crippen LogP contribution >= 0.6 is 0 Å². The molecule has 1 aliphatic heterocycles. The Morgan fingerprint density at radius 3 is 2.23 bits per heavy atom. The molecule has 9 nitrogen and oxygen atoms in total. The van der Waals surface area contributed by atoms with Crippen LogP contribution in [0.15, 0.2) is 48.5 Å². The van der Waals surface area contributed by atoms with Crippen LogP contribution in [0.2, 0.25) is 0 Å². The topological polar surface area (TPSA) is 106 Å². The fourth-order valence-electron chi connectivity index (χ4n) is 4.00. The lowest BCUT2D eigenvalue weighted by atomic mass is 9.96. The predicted molar refractivity (Wildman–Crippen MR) is 146 cm³/mol. The smallest absolute Gasteiger partial charge is 0.279 e. The number of carbonyl (C=O) groups is 3. The van der Waals surface area contributed by atoms with Crippen LogP contribution < -0.4 is 10.8 Å². The molecule has 1 unspecified atom stereocenters. The van der Waals surface area contributed by atoms with Crippen molar-refractivity contribution in [1.29, 1.82) is 0 Å². The standard InChI is InChI=1S/C30H37N3O6/c1-5-37-21-19-24-13-11-22(12-14-24)9-10-23-15-17-25(18-16-23)27(34)33(4)30(2,28(35)31-3)29(36)32-39-26-8-6-7-20-38-26/h11-18,26H,5-8,19-21H2,1-4H3,(H,31,35)(H,32,36)/t26?,30-/m0/s1. The van der Waals surface area contributed by atoms with Gasteiger partial charge in [-0.1, -0.05) is 24.0 Å². The fraction of sp³-hybridized carbons (Fsp3) is 0.433. The highest BCUT2D eigenvalue weighted by atomic mass is 16.8. The lowest BCUT2D eigenvalue weighted by Crippen LogP contribution is -2.65. The number of nitrogens with one attached hydrogen (secondary N) is 2. The van der Waals surface area contributed by atoms with Gasteiger partial charge in [-0.3, -0.25) is 14.4 Å². The van der Waals surface area contributed by atoms with Gasteiger partial charge in [0.05, 0.1) is 6.61 Å². The number of hydrogen-bond donors (Lipinski definition) is 2. The highest BCUT2D eigenvalue weighted by Gasteiger charge is 2.47. The van der Waals surface area contributed by atoms with Crippen molar-refractivity contribution in [2.24, 2.45) is 0 Å².